The fourth-order valence-electron chi connectivity index (χ4n) is 2.75. The van der Waals surface area contributed by atoms with Crippen molar-refractivity contribution in [1.82, 2.24) is 25.1 Å². The highest BCUT2D eigenvalue weighted by Crippen LogP contribution is 2.26. The van der Waals surface area contributed by atoms with Gasteiger partial charge in [-0.25, -0.2) is 14.6 Å². The van der Waals surface area contributed by atoms with Gasteiger partial charge in [0.25, 0.3) is 5.91 Å². The number of fused-ring (bicyclic) bond motifs is 1. The Labute approximate surface area is 183 Å². The standard InChI is InChI=1S/C20H25BrN6OS/c1-12(2)24-17-16-11-23-27(18(16)26-20(25-17)29-13(3)4)9-8-22-19(28)14-6-5-7-15(21)10-14/h5-7,10-13H,8-9H2,1-4H3,(H,22,28)(H,24,25,26). The lowest BCUT2D eigenvalue weighted by atomic mass is 10.2. The molecule has 0 unspecified atom stereocenters. The molecule has 2 aromatic heterocycles. The molecule has 0 spiro atoms. The van der Waals surface area contributed by atoms with Gasteiger partial charge in [0.05, 0.1) is 18.1 Å². The van der Waals surface area contributed by atoms with Crippen molar-refractivity contribution in [3.63, 3.8) is 0 Å². The summed E-state index contributed by atoms with van der Waals surface area (Å²) in [6, 6.07) is 7.56. The van der Waals surface area contributed by atoms with Gasteiger partial charge in [-0.1, -0.05) is 47.6 Å². The quantitative estimate of drug-likeness (QED) is 0.371. The van der Waals surface area contributed by atoms with E-state index in [1.807, 2.05) is 16.8 Å². The Bertz CT molecular complexity index is 1000. The van der Waals surface area contributed by atoms with Crippen LogP contribution in [-0.2, 0) is 6.54 Å². The van der Waals surface area contributed by atoms with Gasteiger partial charge in [-0.2, -0.15) is 5.10 Å². The first-order chi connectivity index (χ1) is 13.8. The minimum absolute atomic E-state index is 0.115. The lowest BCUT2D eigenvalue weighted by molar-refractivity contribution is 0.0952. The Balaban J connectivity index is 1.77. The van der Waals surface area contributed by atoms with E-state index in [0.717, 1.165) is 26.5 Å². The van der Waals surface area contributed by atoms with Gasteiger partial charge in [-0.15, -0.1) is 0 Å². The van der Waals surface area contributed by atoms with E-state index < -0.39 is 0 Å². The third-order valence-corrected chi connectivity index (χ3v) is 5.30. The monoisotopic (exact) mass is 476 g/mol. The lowest BCUT2D eigenvalue weighted by Crippen LogP contribution is -2.27. The highest BCUT2D eigenvalue weighted by atomic mass is 79.9. The number of amides is 1. The van der Waals surface area contributed by atoms with Crippen LogP contribution >= 0.6 is 27.7 Å². The van der Waals surface area contributed by atoms with Gasteiger partial charge in [-0.05, 0) is 32.0 Å². The molecule has 0 aliphatic carbocycles. The molecular formula is C20H25BrN6OS. The van der Waals surface area contributed by atoms with E-state index in [9.17, 15) is 4.79 Å². The summed E-state index contributed by atoms with van der Waals surface area (Å²) < 4.78 is 2.69. The second kappa shape index (κ2) is 9.58. The smallest absolute Gasteiger partial charge is 0.251 e. The predicted octanol–water partition coefficient (Wildman–Crippen LogP) is 4.34. The number of rotatable bonds is 8. The van der Waals surface area contributed by atoms with Crippen LogP contribution < -0.4 is 10.6 Å². The van der Waals surface area contributed by atoms with Crippen molar-refractivity contribution in [3.8, 4) is 0 Å². The fourth-order valence-corrected chi connectivity index (χ4v) is 3.86. The van der Waals surface area contributed by atoms with E-state index in [1.54, 1.807) is 30.1 Å². The molecule has 0 bridgehead atoms. The van der Waals surface area contributed by atoms with E-state index in [2.05, 4.69) is 64.3 Å². The molecule has 1 amide bonds. The zero-order chi connectivity index (χ0) is 21.0. The SMILES string of the molecule is CC(C)Nc1nc(SC(C)C)nc2c1cnn2CCNC(=O)c1cccc(Br)c1. The average molecular weight is 477 g/mol. The van der Waals surface area contributed by atoms with Crippen molar-refractivity contribution in [1.29, 1.82) is 0 Å². The molecule has 29 heavy (non-hydrogen) atoms. The lowest BCUT2D eigenvalue weighted by Gasteiger charge is -2.12. The number of halogens is 1. The Morgan fingerprint density at radius 2 is 2.03 bits per heavy atom. The Morgan fingerprint density at radius 3 is 2.72 bits per heavy atom. The molecule has 2 N–H and O–H groups in total. The number of carbonyl (C=O) groups excluding carboxylic acids is 1. The molecule has 0 radical (unpaired) electrons. The zero-order valence-corrected chi connectivity index (χ0v) is 19.3. The van der Waals surface area contributed by atoms with Crippen molar-refractivity contribution < 1.29 is 4.79 Å². The molecule has 0 atom stereocenters. The summed E-state index contributed by atoms with van der Waals surface area (Å²) in [7, 11) is 0. The summed E-state index contributed by atoms with van der Waals surface area (Å²) >= 11 is 5.00. The minimum atomic E-state index is -0.115. The van der Waals surface area contributed by atoms with Crippen LogP contribution in [0.1, 0.15) is 38.1 Å². The molecule has 0 saturated heterocycles. The molecule has 7 nitrogen and oxygen atoms in total. The summed E-state index contributed by atoms with van der Waals surface area (Å²) in [6.07, 6.45) is 1.78. The summed E-state index contributed by atoms with van der Waals surface area (Å²) in [5, 5.41) is 12.8. The maximum absolute atomic E-state index is 12.3. The molecule has 3 rings (SSSR count). The van der Waals surface area contributed by atoms with Gasteiger partial charge in [-0.3, -0.25) is 4.79 Å². The van der Waals surface area contributed by atoms with E-state index in [0.29, 0.717) is 23.9 Å². The number of thioether (sulfide) groups is 1. The first-order valence-corrected chi connectivity index (χ1v) is 11.2. The molecule has 0 aliphatic heterocycles. The van der Waals surface area contributed by atoms with Crippen LogP contribution in [0, 0.1) is 0 Å². The van der Waals surface area contributed by atoms with Crippen molar-refractivity contribution in [2.45, 2.75) is 50.7 Å². The highest BCUT2D eigenvalue weighted by molar-refractivity contribution is 9.10. The highest BCUT2D eigenvalue weighted by Gasteiger charge is 2.15. The number of anilines is 1. The van der Waals surface area contributed by atoms with E-state index >= 15 is 0 Å². The Morgan fingerprint density at radius 1 is 1.24 bits per heavy atom. The molecule has 0 fully saturated rings. The number of hydrogen-bond donors (Lipinski definition) is 2. The van der Waals surface area contributed by atoms with Gasteiger partial charge in [0.1, 0.15) is 5.82 Å². The molecule has 0 saturated carbocycles. The van der Waals surface area contributed by atoms with E-state index in [1.165, 1.54) is 0 Å². The second-order valence-corrected chi connectivity index (χ2v) is 9.65. The summed E-state index contributed by atoms with van der Waals surface area (Å²) in [5.41, 5.74) is 1.38. The first kappa shape index (κ1) is 21.6. The minimum Gasteiger partial charge on any atom is -0.367 e. The molecule has 1 aromatic carbocycles. The van der Waals surface area contributed by atoms with Crippen LogP contribution in [0.3, 0.4) is 0 Å². The van der Waals surface area contributed by atoms with Crippen LogP contribution in [0.15, 0.2) is 40.1 Å². The van der Waals surface area contributed by atoms with Crippen LogP contribution in [0.2, 0.25) is 0 Å². The van der Waals surface area contributed by atoms with Crippen LogP contribution in [-0.4, -0.2) is 43.5 Å². The third kappa shape index (κ3) is 5.70. The van der Waals surface area contributed by atoms with Gasteiger partial charge in [0.15, 0.2) is 10.8 Å². The van der Waals surface area contributed by atoms with Crippen molar-refractivity contribution in [2.24, 2.45) is 0 Å². The summed E-state index contributed by atoms with van der Waals surface area (Å²) in [5.74, 6) is 0.674. The van der Waals surface area contributed by atoms with Gasteiger partial charge < -0.3 is 10.6 Å². The van der Waals surface area contributed by atoms with Gasteiger partial charge in [0, 0.05) is 27.9 Å². The molecular weight excluding hydrogens is 452 g/mol. The topological polar surface area (TPSA) is 84.7 Å². The first-order valence-electron chi connectivity index (χ1n) is 9.54. The van der Waals surface area contributed by atoms with Crippen LogP contribution in [0.4, 0.5) is 5.82 Å². The number of carbonyl (C=O) groups is 1. The maximum Gasteiger partial charge on any atom is 0.251 e. The molecule has 2 heterocycles. The molecule has 0 aliphatic rings. The third-order valence-electron chi connectivity index (χ3n) is 3.94. The number of nitrogens with one attached hydrogen (secondary N) is 2. The number of aromatic nitrogens is 4. The van der Waals surface area contributed by atoms with Crippen molar-refractivity contribution in [2.75, 3.05) is 11.9 Å². The van der Waals surface area contributed by atoms with Crippen LogP contribution in [0.5, 0.6) is 0 Å². The Hall–Kier alpha value is -2.13. The normalized spacial score (nSPS) is 11.4. The van der Waals surface area contributed by atoms with Crippen LogP contribution in [0.25, 0.3) is 11.0 Å². The fraction of sp³-hybridized carbons (Fsp3) is 0.400. The Kier molecular flexibility index (Phi) is 7.13. The number of hydrogen-bond acceptors (Lipinski definition) is 6. The molecule has 3 aromatic rings. The number of nitrogens with zero attached hydrogens (tertiary/aromatic N) is 4. The molecule has 9 heteroatoms. The summed E-state index contributed by atoms with van der Waals surface area (Å²) in [4.78, 5) is 21.7. The largest absolute Gasteiger partial charge is 0.367 e. The van der Waals surface area contributed by atoms with E-state index in [-0.39, 0.29) is 11.9 Å². The van der Waals surface area contributed by atoms with Gasteiger partial charge in [0.2, 0.25) is 0 Å². The average Bonchev–Trinajstić information content (AvgIpc) is 3.04. The summed E-state index contributed by atoms with van der Waals surface area (Å²) in [6.45, 7) is 9.35. The van der Waals surface area contributed by atoms with Gasteiger partial charge >= 0.3 is 0 Å². The predicted molar refractivity (Wildman–Crippen MR) is 122 cm³/mol. The van der Waals surface area contributed by atoms with Crippen molar-refractivity contribution in [3.05, 3.63) is 40.5 Å². The van der Waals surface area contributed by atoms with Crippen molar-refractivity contribution >= 4 is 50.5 Å². The second-order valence-electron chi connectivity index (χ2n) is 7.19. The maximum atomic E-state index is 12.3. The molecule has 154 valence electrons. The van der Waals surface area contributed by atoms with E-state index in [4.69, 9.17) is 4.98 Å². The zero-order valence-electron chi connectivity index (χ0n) is 16.9. The number of benzene rings is 1.